The Hall–Kier alpha value is -0.610. The molecule has 92 valence electrons. The average Bonchev–Trinajstić information content (AvgIpc) is 2.26. The second-order valence-electron chi connectivity index (χ2n) is 5.02. The molecule has 1 unspecified atom stereocenters. The van der Waals surface area contributed by atoms with E-state index in [-0.39, 0.29) is 12.6 Å². The van der Waals surface area contributed by atoms with Gasteiger partial charge in [0.05, 0.1) is 6.61 Å². The minimum Gasteiger partial charge on any atom is -0.395 e. The van der Waals surface area contributed by atoms with Gasteiger partial charge in [0.2, 0.25) is 5.91 Å². The lowest BCUT2D eigenvalue weighted by Gasteiger charge is -2.40. The fourth-order valence-corrected chi connectivity index (χ4v) is 2.41. The van der Waals surface area contributed by atoms with Gasteiger partial charge in [-0.1, -0.05) is 6.42 Å². The van der Waals surface area contributed by atoms with Crippen LogP contribution < -0.4 is 0 Å². The molecule has 1 saturated carbocycles. The first-order chi connectivity index (χ1) is 7.72. The predicted molar refractivity (Wildman–Crippen MR) is 62.0 cm³/mol. The number of carbonyl (C=O) groups excluding carboxylic acids is 1. The second kappa shape index (κ2) is 5.15. The molecule has 2 fully saturated rings. The van der Waals surface area contributed by atoms with E-state index in [2.05, 4.69) is 4.90 Å². The molecular weight excluding hydrogens is 204 g/mol. The summed E-state index contributed by atoms with van der Waals surface area (Å²) in [7, 11) is 0. The standard InChI is InChI=1S/C12H22N2O2/c1-10(9-15)13-5-7-14(8-6-13)12(16)11-3-2-4-11/h10-11,15H,2-9H2,1H3. The quantitative estimate of drug-likeness (QED) is 0.753. The van der Waals surface area contributed by atoms with Crippen LogP contribution in [0.25, 0.3) is 0 Å². The Morgan fingerprint density at radius 1 is 1.31 bits per heavy atom. The third kappa shape index (κ3) is 2.38. The lowest BCUT2D eigenvalue weighted by Crippen LogP contribution is -2.53. The molecule has 1 heterocycles. The number of amides is 1. The van der Waals surface area contributed by atoms with Crippen molar-refractivity contribution in [2.75, 3.05) is 32.8 Å². The Kier molecular flexibility index (Phi) is 3.82. The van der Waals surface area contributed by atoms with Gasteiger partial charge in [0.25, 0.3) is 0 Å². The minimum absolute atomic E-state index is 0.205. The maximum absolute atomic E-state index is 12.0. The number of nitrogens with zero attached hydrogens (tertiary/aromatic N) is 2. The van der Waals surface area contributed by atoms with Gasteiger partial charge in [0.15, 0.2) is 0 Å². The summed E-state index contributed by atoms with van der Waals surface area (Å²) in [6.07, 6.45) is 3.40. The average molecular weight is 226 g/mol. The first kappa shape index (κ1) is 11.9. The third-order valence-electron chi connectivity index (χ3n) is 3.97. The lowest BCUT2D eigenvalue weighted by atomic mass is 9.84. The fourth-order valence-electron chi connectivity index (χ4n) is 2.41. The Morgan fingerprint density at radius 3 is 2.38 bits per heavy atom. The molecule has 0 aromatic rings. The molecule has 1 amide bonds. The van der Waals surface area contributed by atoms with Gasteiger partial charge >= 0.3 is 0 Å². The van der Waals surface area contributed by atoms with E-state index in [1.54, 1.807) is 0 Å². The largest absolute Gasteiger partial charge is 0.395 e. The van der Waals surface area contributed by atoms with E-state index in [1.165, 1.54) is 6.42 Å². The molecule has 16 heavy (non-hydrogen) atoms. The van der Waals surface area contributed by atoms with E-state index in [9.17, 15) is 4.79 Å². The SMILES string of the molecule is CC(CO)N1CCN(C(=O)C2CCC2)CC1. The van der Waals surface area contributed by atoms with Crippen LogP contribution in [0.5, 0.6) is 0 Å². The minimum atomic E-state index is 0.205. The smallest absolute Gasteiger partial charge is 0.225 e. The van der Waals surface area contributed by atoms with Crippen molar-refractivity contribution in [2.24, 2.45) is 5.92 Å². The third-order valence-corrected chi connectivity index (χ3v) is 3.97. The number of piperazine rings is 1. The molecule has 1 N–H and O–H groups in total. The molecule has 0 radical (unpaired) electrons. The summed E-state index contributed by atoms with van der Waals surface area (Å²) in [5.74, 6) is 0.685. The molecule has 4 heteroatoms. The summed E-state index contributed by atoms with van der Waals surface area (Å²) in [4.78, 5) is 16.2. The van der Waals surface area contributed by atoms with E-state index in [1.807, 2.05) is 11.8 Å². The Labute approximate surface area is 97.2 Å². The van der Waals surface area contributed by atoms with Gasteiger partial charge in [-0.05, 0) is 19.8 Å². The monoisotopic (exact) mass is 226 g/mol. The van der Waals surface area contributed by atoms with Crippen molar-refractivity contribution in [3.63, 3.8) is 0 Å². The summed E-state index contributed by atoms with van der Waals surface area (Å²) in [6.45, 7) is 5.71. The van der Waals surface area contributed by atoms with Gasteiger partial charge < -0.3 is 10.0 Å². The Morgan fingerprint density at radius 2 is 1.94 bits per heavy atom. The van der Waals surface area contributed by atoms with E-state index in [0.717, 1.165) is 39.0 Å². The first-order valence-electron chi connectivity index (χ1n) is 6.36. The lowest BCUT2D eigenvalue weighted by molar-refractivity contribution is -0.140. The van der Waals surface area contributed by atoms with Crippen LogP contribution >= 0.6 is 0 Å². The zero-order chi connectivity index (χ0) is 11.5. The van der Waals surface area contributed by atoms with Crippen molar-refractivity contribution < 1.29 is 9.90 Å². The number of rotatable bonds is 3. The second-order valence-corrected chi connectivity index (χ2v) is 5.02. The van der Waals surface area contributed by atoms with Gasteiger partial charge in [-0.15, -0.1) is 0 Å². The normalized spacial score (nSPS) is 25.2. The molecule has 1 aliphatic heterocycles. The van der Waals surface area contributed by atoms with Gasteiger partial charge in [-0.25, -0.2) is 0 Å². The van der Waals surface area contributed by atoms with Crippen LogP contribution in [0.1, 0.15) is 26.2 Å². The number of hydrogen-bond acceptors (Lipinski definition) is 3. The summed E-state index contributed by atoms with van der Waals surface area (Å²) in [5, 5.41) is 9.08. The van der Waals surface area contributed by atoms with Crippen LogP contribution in [0.15, 0.2) is 0 Å². The van der Waals surface area contributed by atoms with Crippen molar-refractivity contribution in [1.29, 1.82) is 0 Å². The number of aliphatic hydroxyl groups is 1. The molecule has 0 spiro atoms. The number of aliphatic hydroxyl groups excluding tert-OH is 1. The zero-order valence-corrected chi connectivity index (χ0v) is 10.1. The van der Waals surface area contributed by atoms with Crippen LogP contribution in [0.2, 0.25) is 0 Å². The van der Waals surface area contributed by atoms with E-state index in [4.69, 9.17) is 5.11 Å². The van der Waals surface area contributed by atoms with Gasteiger partial charge in [0.1, 0.15) is 0 Å². The van der Waals surface area contributed by atoms with Gasteiger partial charge in [0, 0.05) is 38.1 Å². The number of hydrogen-bond donors (Lipinski definition) is 1. The van der Waals surface area contributed by atoms with Gasteiger partial charge in [-0.3, -0.25) is 9.69 Å². The Balaban J connectivity index is 1.78. The fraction of sp³-hybridized carbons (Fsp3) is 0.917. The molecule has 1 saturated heterocycles. The maximum Gasteiger partial charge on any atom is 0.225 e. The highest BCUT2D eigenvalue weighted by Crippen LogP contribution is 2.28. The van der Waals surface area contributed by atoms with Crippen LogP contribution in [0.4, 0.5) is 0 Å². The predicted octanol–water partition coefficient (Wildman–Crippen LogP) is 0.311. The maximum atomic E-state index is 12.0. The highest BCUT2D eigenvalue weighted by molar-refractivity contribution is 5.79. The summed E-state index contributed by atoms with van der Waals surface area (Å²) >= 11 is 0. The summed E-state index contributed by atoms with van der Waals surface area (Å²) in [6, 6.07) is 0.223. The van der Waals surface area contributed by atoms with Crippen LogP contribution in [-0.4, -0.2) is 59.6 Å². The molecule has 2 aliphatic rings. The van der Waals surface area contributed by atoms with Crippen LogP contribution in [0.3, 0.4) is 0 Å². The summed E-state index contributed by atoms with van der Waals surface area (Å²) < 4.78 is 0. The molecule has 0 bridgehead atoms. The van der Waals surface area contributed by atoms with Crippen molar-refractivity contribution in [1.82, 2.24) is 9.80 Å². The zero-order valence-electron chi connectivity index (χ0n) is 10.1. The van der Waals surface area contributed by atoms with E-state index < -0.39 is 0 Å². The highest BCUT2D eigenvalue weighted by Gasteiger charge is 2.31. The van der Waals surface area contributed by atoms with Crippen molar-refractivity contribution in [2.45, 2.75) is 32.2 Å². The van der Waals surface area contributed by atoms with Crippen molar-refractivity contribution in [3.05, 3.63) is 0 Å². The molecule has 1 aliphatic carbocycles. The first-order valence-corrected chi connectivity index (χ1v) is 6.36. The molecule has 2 rings (SSSR count). The van der Waals surface area contributed by atoms with E-state index >= 15 is 0 Å². The topological polar surface area (TPSA) is 43.8 Å². The van der Waals surface area contributed by atoms with Crippen molar-refractivity contribution >= 4 is 5.91 Å². The highest BCUT2D eigenvalue weighted by atomic mass is 16.3. The van der Waals surface area contributed by atoms with E-state index in [0.29, 0.717) is 11.8 Å². The molecule has 0 aromatic carbocycles. The number of carbonyl (C=O) groups is 1. The van der Waals surface area contributed by atoms with Gasteiger partial charge in [-0.2, -0.15) is 0 Å². The molecular formula is C12H22N2O2. The molecule has 0 aromatic heterocycles. The Bertz CT molecular complexity index is 245. The van der Waals surface area contributed by atoms with Crippen molar-refractivity contribution in [3.8, 4) is 0 Å². The molecule has 1 atom stereocenters. The van der Waals surface area contributed by atoms with Crippen LogP contribution in [0, 0.1) is 5.92 Å². The van der Waals surface area contributed by atoms with Crippen LogP contribution in [-0.2, 0) is 4.79 Å². The summed E-state index contributed by atoms with van der Waals surface area (Å²) in [5.41, 5.74) is 0. The molecule has 4 nitrogen and oxygen atoms in total.